The Labute approximate surface area is 158 Å². The second kappa shape index (κ2) is 8.05. The van der Waals surface area contributed by atoms with E-state index in [9.17, 15) is 13.2 Å². The third-order valence-electron chi connectivity index (χ3n) is 3.98. The first-order valence-corrected chi connectivity index (χ1v) is 8.86. The van der Waals surface area contributed by atoms with Crippen molar-refractivity contribution in [3.05, 3.63) is 76.8 Å². The number of aromatic nitrogens is 2. The Balaban J connectivity index is 1.53. The van der Waals surface area contributed by atoms with Gasteiger partial charge in [-0.25, -0.2) is 4.98 Å². The molecule has 0 saturated carbocycles. The lowest BCUT2D eigenvalue weighted by Crippen LogP contribution is -2.18. The van der Waals surface area contributed by atoms with E-state index in [4.69, 9.17) is 0 Å². The van der Waals surface area contributed by atoms with Gasteiger partial charge in [0.05, 0.1) is 11.9 Å². The maximum absolute atomic E-state index is 12.6. The van der Waals surface area contributed by atoms with Crippen LogP contribution in [0.25, 0.3) is 11.1 Å². The molecule has 0 amide bonds. The van der Waals surface area contributed by atoms with E-state index in [-0.39, 0.29) is 0 Å². The molecule has 26 heavy (non-hydrogen) atoms. The van der Waals surface area contributed by atoms with Crippen molar-refractivity contribution in [2.45, 2.75) is 19.3 Å². The normalized spacial score (nSPS) is 11.7. The summed E-state index contributed by atoms with van der Waals surface area (Å²) >= 11 is 3.31. The van der Waals surface area contributed by atoms with Gasteiger partial charge >= 0.3 is 6.18 Å². The molecule has 3 nitrogen and oxygen atoms in total. The Hall–Kier alpha value is -2.12. The smallest absolute Gasteiger partial charge is 0.335 e. The molecule has 3 rings (SSSR count). The fourth-order valence-corrected chi connectivity index (χ4v) is 2.92. The molecule has 0 radical (unpaired) electrons. The molecular formula is C19H17BrF3N3. The van der Waals surface area contributed by atoms with Crippen LogP contribution in [-0.2, 0) is 19.3 Å². The molecule has 2 aromatic carbocycles. The summed E-state index contributed by atoms with van der Waals surface area (Å²) in [5.74, 6) is 0. The topological polar surface area (TPSA) is 29.9 Å². The van der Waals surface area contributed by atoms with Crippen molar-refractivity contribution in [3.8, 4) is 11.1 Å². The maximum Gasteiger partial charge on any atom is 0.416 e. The molecule has 3 aromatic rings. The van der Waals surface area contributed by atoms with Gasteiger partial charge in [-0.05, 0) is 44.8 Å². The minimum atomic E-state index is -4.30. The summed E-state index contributed by atoms with van der Waals surface area (Å²) in [5.41, 5.74) is 2.15. The SMILES string of the molecule is FC(F)(F)c1ccc(-c2ccc(CNCCn3cnc(Br)c3)cc2)cc1. The molecular weight excluding hydrogens is 407 g/mol. The second-order valence-electron chi connectivity index (χ2n) is 5.88. The third-order valence-corrected chi connectivity index (χ3v) is 4.39. The van der Waals surface area contributed by atoms with E-state index in [1.165, 1.54) is 12.1 Å². The summed E-state index contributed by atoms with van der Waals surface area (Å²) in [6.45, 7) is 2.36. The monoisotopic (exact) mass is 423 g/mol. The Morgan fingerprint density at radius 2 is 1.58 bits per heavy atom. The number of rotatable bonds is 6. The van der Waals surface area contributed by atoms with E-state index in [1.807, 2.05) is 35.0 Å². The summed E-state index contributed by atoms with van der Waals surface area (Å²) in [6.07, 6.45) is -0.619. The molecule has 136 valence electrons. The maximum atomic E-state index is 12.6. The first kappa shape index (κ1) is 18.7. The summed E-state index contributed by atoms with van der Waals surface area (Å²) < 4.78 is 40.7. The third kappa shape index (κ3) is 4.95. The molecule has 0 saturated heterocycles. The van der Waals surface area contributed by atoms with Crippen LogP contribution in [0, 0.1) is 0 Å². The first-order chi connectivity index (χ1) is 12.4. The number of halogens is 4. The zero-order chi connectivity index (χ0) is 18.6. The highest BCUT2D eigenvalue weighted by atomic mass is 79.9. The highest BCUT2D eigenvalue weighted by Gasteiger charge is 2.29. The molecule has 0 aliphatic rings. The van der Waals surface area contributed by atoms with Gasteiger partial charge < -0.3 is 9.88 Å². The van der Waals surface area contributed by atoms with Gasteiger partial charge in [0.2, 0.25) is 0 Å². The summed E-state index contributed by atoms with van der Waals surface area (Å²) in [5, 5.41) is 3.35. The Morgan fingerprint density at radius 3 is 2.12 bits per heavy atom. The molecule has 0 bridgehead atoms. The molecule has 0 aliphatic carbocycles. The summed E-state index contributed by atoms with van der Waals surface area (Å²) in [7, 11) is 0. The van der Waals surface area contributed by atoms with E-state index in [1.54, 1.807) is 6.33 Å². The van der Waals surface area contributed by atoms with Gasteiger partial charge in [0.1, 0.15) is 4.60 Å². The highest BCUT2D eigenvalue weighted by molar-refractivity contribution is 9.10. The molecule has 1 N–H and O–H groups in total. The lowest BCUT2D eigenvalue weighted by molar-refractivity contribution is -0.137. The minimum Gasteiger partial charge on any atom is -0.335 e. The fraction of sp³-hybridized carbons (Fsp3) is 0.211. The summed E-state index contributed by atoms with van der Waals surface area (Å²) in [4.78, 5) is 4.10. The average molecular weight is 424 g/mol. The minimum absolute atomic E-state index is 0.632. The predicted molar refractivity (Wildman–Crippen MR) is 98.5 cm³/mol. The molecule has 0 atom stereocenters. The van der Waals surface area contributed by atoms with Crippen LogP contribution in [0.1, 0.15) is 11.1 Å². The first-order valence-electron chi connectivity index (χ1n) is 8.06. The molecule has 0 spiro atoms. The van der Waals surface area contributed by atoms with E-state index in [0.717, 1.165) is 53.1 Å². The zero-order valence-corrected chi connectivity index (χ0v) is 15.4. The Morgan fingerprint density at radius 1 is 0.962 bits per heavy atom. The Kier molecular flexibility index (Phi) is 5.78. The van der Waals surface area contributed by atoms with Crippen LogP contribution < -0.4 is 5.32 Å². The lowest BCUT2D eigenvalue weighted by atomic mass is 10.0. The van der Waals surface area contributed by atoms with Crippen molar-refractivity contribution in [2.24, 2.45) is 0 Å². The van der Waals surface area contributed by atoms with Gasteiger partial charge in [-0.1, -0.05) is 36.4 Å². The van der Waals surface area contributed by atoms with Gasteiger partial charge in [0.25, 0.3) is 0 Å². The van der Waals surface area contributed by atoms with Gasteiger partial charge in [-0.3, -0.25) is 0 Å². The van der Waals surface area contributed by atoms with Gasteiger partial charge in [0.15, 0.2) is 0 Å². The standard InChI is InChI=1S/C19H17BrF3N3/c20-18-12-26(13-25-18)10-9-24-11-14-1-3-15(4-2-14)16-5-7-17(8-6-16)19(21,22)23/h1-8,12-13,24H,9-11H2. The van der Waals surface area contributed by atoms with Crippen LogP contribution in [0.3, 0.4) is 0 Å². The van der Waals surface area contributed by atoms with Crippen molar-refractivity contribution in [2.75, 3.05) is 6.54 Å². The van der Waals surface area contributed by atoms with Crippen LogP contribution in [0.4, 0.5) is 13.2 Å². The van der Waals surface area contributed by atoms with Crippen molar-refractivity contribution < 1.29 is 13.2 Å². The van der Waals surface area contributed by atoms with Crippen molar-refractivity contribution in [1.82, 2.24) is 14.9 Å². The number of nitrogens with one attached hydrogen (secondary N) is 1. The molecule has 0 aliphatic heterocycles. The van der Waals surface area contributed by atoms with Crippen LogP contribution in [0.2, 0.25) is 0 Å². The van der Waals surface area contributed by atoms with E-state index >= 15 is 0 Å². The molecule has 7 heteroatoms. The van der Waals surface area contributed by atoms with E-state index < -0.39 is 11.7 Å². The highest BCUT2D eigenvalue weighted by Crippen LogP contribution is 2.31. The number of hydrogen-bond donors (Lipinski definition) is 1. The largest absolute Gasteiger partial charge is 0.416 e. The molecule has 0 fully saturated rings. The number of alkyl halides is 3. The van der Waals surface area contributed by atoms with Crippen LogP contribution in [-0.4, -0.2) is 16.1 Å². The van der Waals surface area contributed by atoms with E-state index in [2.05, 4.69) is 26.2 Å². The van der Waals surface area contributed by atoms with Gasteiger partial charge in [-0.2, -0.15) is 13.2 Å². The van der Waals surface area contributed by atoms with E-state index in [0.29, 0.717) is 0 Å². The number of hydrogen-bond acceptors (Lipinski definition) is 2. The molecule has 0 unspecified atom stereocenters. The summed E-state index contributed by atoms with van der Waals surface area (Å²) in [6, 6.07) is 13.0. The van der Waals surface area contributed by atoms with Gasteiger partial charge in [-0.15, -0.1) is 0 Å². The fourth-order valence-electron chi connectivity index (χ4n) is 2.56. The van der Waals surface area contributed by atoms with Crippen LogP contribution in [0.5, 0.6) is 0 Å². The Bertz CT molecular complexity index is 840. The van der Waals surface area contributed by atoms with Gasteiger partial charge in [0, 0.05) is 25.8 Å². The molecule has 1 aromatic heterocycles. The predicted octanol–water partition coefficient (Wildman–Crippen LogP) is 5.12. The number of benzene rings is 2. The number of imidazole rings is 1. The number of nitrogens with zero attached hydrogens (tertiary/aromatic N) is 2. The van der Waals surface area contributed by atoms with Crippen LogP contribution in [0.15, 0.2) is 65.7 Å². The second-order valence-corrected chi connectivity index (χ2v) is 6.70. The van der Waals surface area contributed by atoms with Crippen LogP contribution >= 0.6 is 15.9 Å². The van der Waals surface area contributed by atoms with Crippen molar-refractivity contribution in [3.63, 3.8) is 0 Å². The zero-order valence-electron chi connectivity index (χ0n) is 13.8. The van der Waals surface area contributed by atoms with Crippen molar-refractivity contribution >= 4 is 15.9 Å². The quantitative estimate of drug-likeness (QED) is 0.557. The average Bonchev–Trinajstić information content (AvgIpc) is 3.04. The van der Waals surface area contributed by atoms with Crippen molar-refractivity contribution in [1.29, 1.82) is 0 Å². The lowest BCUT2D eigenvalue weighted by Gasteiger charge is -2.09. The molecule has 1 heterocycles.